The molecule has 0 aliphatic carbocycles. The summed E-state index contributed by atoms with van der Waals surface area (Å²) in [7, 11) is -4.08. The first-order valence-electron chi connectivity index (χ1n) is 9.12. The van der Waals surface area contributed by atoms with E-state index in [-0.39, 0.29) is 22.2 Å². The highest BCUT2D eigenvalue weighted by molar-refractivity contribution is 7.92. The standard InChI is InChI=1S/C22H20ClFN2O3S/c1-16-6-5-7-17(12-16)14-25-22(27)15-26(18-10-11-21(24)20(23)13-18)30(28,29)19-8-3-2-4-9-19/h2-13H,14-15H2,1H3,(H,25,27). The van der Waals surface area contributed by atoms with Gasteiger partial charge in [0, 0.05) is 6.54 Å². The van der Waals surface area contributed by atoms with Gasteiger partial charge in [0.1, 0.15) is 12.4 Å². The maximum absolute atomic E-state index is 13.6. The number of benzene rings is 3. The van der Waals surface area contributed by atoms with Gasteiger partial charge in [0.25, 0.3) is 10.0 Å². The number of halogens is 2. The monoisotopic (exact) mass is 446 g/mol. The second-order valence-electron chi connectivity index (χ2n) is 6.69. The lowest BCUT2D eigenvalue weighted by atomic mass is 10.1. The number of carbonyl (C=O) groups excluding carboxylic acids is 1. The fourth-order valence-corrected chi connectivity index (χ4v) is 4.49. The zero-order chi connectivity index (χ0) is 21.7. The molecule has 1 N–H and O–H groups in total. The molecule has 0 fully saturated rings. The number of anilines is 1. The van der Waals surface area contributed by atoms with Crippen molar-refractivity contribution in [3.63, 3.8) is 0 Å². The van der Waals surface area contributed by atoms with Crippen molar-refractivity contribution in [3.05, 3.63) is 94.8 Å². The highest BCUT2D eigenvalue weighted by Crippen LogP contribution is 2.27. The van der Waals surface area contributed by atoms with Crippen molar-refractivity contribution in [1.29, 1.82) is 0 Å². The summed E-state index contributed by atoms with van der Waals surface area (Å²) in [4.78, 5) is 12.6. The van der Waals surface area contributed by atoms with Crippen LogP contribution in [0.1, 0.15) is 11.1 Å². The number of hydrogen-bond donors (Lipinski definition) is 1. The van der Waals surface area contributed by atoms with E-state index in [1.807, 2.05) is 31.2 Å². The summed E-state index contributed by atoms with van der Waals surface area (Å²) in [6, 6.07) is 18.9. The first-order chi connectivity index (χ1) is 14.3. The third kappa shape index (κ3) is 5.17. The molecule has 0 saturated heterocycles. The Bertz CT molecular complexity index is 1150. The molecular weight excluding hydrogens is 427 g/mol. The van der Waals surface area contributed by atoms with Crippen LogP contribution in [0.3, 0.4) is 0 Å². The van der Waals surface area contributed by atoms with Crippen LogP contribution in [0.5, 0.6) is 0 Å². The molecule has 5 nitrogen and oxygen atoms in total. The van der Waals surface area contributed by atoms with E-state index in [0.717, 1.165) is 21.5 Å². The summed E-state index contributed by atoms with van der Waals surface area (Å²) in [5, 5.41) is 2.49. The largest absolute Gasteiger partial charge is 0.350 e. The number of nitrogens with one attached hydrogen (secondary N) is 1. The fourth-order valence-electron chi connectivity index (χ4n) is 2.88. The van der Waals surface area contributed by atoms with Crippen LogP contribution in [0.4, 0.5) is 10.1 Å². The summed E-state index contributed by atoms with van der Waals surface area (Å²) < 4.78 is 40.9. The van der Waals surface area contributed by atoms with E-state index in [4.69, 9.17) is 11.6 Å². The van der Waals surface area contributed by atoms with Gasteiger partial charge in [-0.3, -0.25) is 9.10 Å². The number of nitrogens with zero attached hydrogens (tertiary/aromatic N) is 1. The highest BCUT2D eigenvalue weighted by atomic mass is 35.5. The maximum Gasteiger partial charge on any atom is 0.264 e. The Balaban J connectivity index is 1.87. The Hall–Kier alpha value is -2.90. The zero-order valence-corrected chi connectivity index (χ0v) is 17.8. The molecule has 0 spiro atoms. The van der Waals surface area contributed by atoms with Crippen LogP contribution in [-0.2, 0) is 21.4 Å². The number of carbonyl (C=O) groups is 1. The Morgan fingerprint density at radius 1 is 1.03 bits per heavy atom. The summed E-state index contributed by atoms with van der Waals surface area (Å²) in [6.07, 6.45) is 0. The molecule has 0 aliphatic heterocycles. The predicted octanol–water partition coefficient (Wildman–Crippen LogP) is 4.30. The highest BCUT2D eigenvalue weighted by Gasteiger charge is 2.27. The van der Waals surface area contributed by atoms with Gasteiger partial charge in [0.05, 0.1) is 15.6 Å². The van der Waals surface area contributed by atoms with Gasteiger partial charge >= 0.3 is 0 Å². The number of rotatable bonds is 7. The molecule has 0 aliphatic rings. The van der Waals surface area contributed by atoms with Crippen molar-refractivity contribution < 1.29 is 17.6 Å². The minimum atomic E-state index is -4.08. The SMILES string of the molecule is Cc1cccc(CNC(=O)CN(c2ccc(F)c(Cl)c2)S(=O)(=O)c2ccccc2)c1. The van der Waals surface area contributed by atoms with Gasteiger partial charge in [0.2, 0.25) is 5.91 Å². The van der Waals surface area contributed by atoms with Gasteiger partial charge in [-0.15, -0.1) is 0 Å². The summed E-state index contributed by atoms with van der Waals surface area (Å²) in [5.74, 6) is -1.18. The molecular formula is C22H20ClFN2O3S. The number of sulfonamides is 1. The second-order valence-corrected chi connectivity index (χ2v) is 8.96. The third-order valence-corrected chi connectivity index (χ3v) is 6.46. The number of hydrogen-bond acceptors (Lipinski definition) is 3. The lowest BCUT2D eigenvalue weighted by molar-refractivity contribution is -0.119. The molecule has 8 heteroatoms. The molecule has 3 aromatic rings. The van der Waals surface area contributed by atoms with Crippen LogP contribution in [-0.4, -0.2) is 20.9 Å². The topological polar surface area (TPSA) is 66.5 Å². The normalized spacial score (nSPS) is 11.2. The summed E-state index contributed by atoms with van der Waals surface area (Å²) in [5.41, 5.74) is 2.04. The molecule has 1 amide bonds. The van der Waals surface area contributed by atoms with Gasteiger partial charge in [-0.25, -0.2) is 12.8 Å². The van der Waals surface area contributed by atoms with E-state index in [1.165, 1.54) is 24.3 Å². The number of amides is 1. The smallest absolute Gasteiger partial charge is 0.264 e. The first kappa shape index (κ1) is 21.8. The molecule has 0 aromatic heterocycles. The summed E-state index contributed by atoms with van der Waals surface area (Å²) in [6.45, 7) is 1.71. The van der Waals surface area contributed by atoms with Crippen molar-refractivity contribution in [3.8, 4) is 0 Å². The minimum absolute atomic E-state index is 0.0110. The summed E-state index contributed by atoms with van der Waals surface area (Å²) >= 11 is 5.85. The molecule has 3 rings (SSSR count). The van der Waals surface area contributed by atoms with Crippen LogP contribution in [0.15, 0.2) is 77.7 Å². The quantitative estimate of drug-likeness (QED) is 0.588. The van der Waals surface area contributed by atoms with Crippen molar-refractivity contribution in [2.24, 2.45) is 0 Å². The van der Waals surface area contributed by atoms with Crippen molar-refractivity contribution in [2.45, 2.75) is 18.4 Å². The molecule has 3 aromatic carbocycles. The lowest BCUT2D eigenvalue weighted by Gasteiger charge is -2.24. The van der Waals surface area contributed by atoms with E-state index in [9.17, 15) is 17.6 Å². The molecule has 0 unspecified atom stereocenters. The fraction of sp³-hybridized carbons (Fsp3) is 0.136. The second kappa shape index (κ2) is 9.28. The van der Waals surface area contributed by atoms with Crippen LogP contribution in [0.25, 0.3) is 0 Å². The molecule has 0 bridgehead atoms. The third-order valence-electron chi connectivity index (χ3n) is 4.38. The van der Waals surface area contributed by atoms with E-state index in [2.05, 4.69) is 5.32 Å². The van der Waals surface area contributed by atoms with E-state index in [1.54, 1.807) is 18.2 Å². The first-order valence-corrected chi connectivity index (χ1v) is 10.9. The minimum Gasteiger partial charge on any atom is -0.350 e. The molecule has 0 heterocycles. The molecule has 0 atom stereocenters. The average Bonchev–Trinajstić information content (AvgIpc) is 2.73. The molecule has 156 valence electrons. The Kier molecular flexibility index (Phi) is 6.74. The average molecular weight is 447 g/mol. The Morgan fingerprint density at radius 3 is 2.43 bits per heavy atom. The van der Waals surface area contributed by atoms with Crippen molar-refractivity contribution in [1.82, 2.24) is 5.32 Å². The van der Waals surface area contributed by atoms with Crippen LogP contribution >= 0.6 is 11.6 Å². The van der Waals surface area contributed by atoms with Gasteiger partial charge in [-0.2, -0.15) is 0 Å². The maximum atomic E-state index is 13.6. The van der Waals surface area contributed by atoms with E-state index >= 15 is 0 Å². The van der Waals surface area contributed by atoms with Gasteiger partial charge in [0.15, 0.2) is 0 Å². The Morgan fingerprint density at radius 2 is 1.77 bits per heavy atom. The van der Waals surface area contributed by atoms with Crippen LogP contribution in [0.2, 0.25) is 5.02 Å². The Labute approximate surface area is 180 Å². The van der Waals surface area contributed by atoms with Crippen LogP contribution in [0, 0.1) is 12.7 Å². The lowest BCUT2D eigenvalue weighted by Crippen LogP contribution is -2.40. The van der Waals surface area contributed by atoms with Crippen molar-refractivity contribution >= 4 is 33.2 Å². The van der Waals surface area contributed by atoms with Gasteiger partial charge in [-0.05, 0) is 42.8 Å². The molecule has 0 saturated carbocycles. The van der Waals surface area contributed by atoms with E-state index < -0.39 is 28.3 Å². The van der Waals surface area contributed by atoms with Gasteiger partial charge < -0.3 is 5.32 Å². The van der Waals surface area contributed by atoms with Gasteiger partial charge in [-0.1, -0.05) is 59.6 Å². The number of aryl methyl sites for hydroxylation is 1. The molecule has 0 radical (unpaired) electrons. The zero-order valence-electron chi connectivity index (χ0n) is 16.2. The van der Waals surface area contributed by atoms with Crippen molar-refractivity contribution in [2.75, 3.05) is 10.8 Å². The van der Waals surface area contributed by atoms with E-state index in [0.29, 0.717) is 0 Å². The van der Waals surface area contributed by atoms with Crippen LogP contribution < -0.4 is 9.62 Å². The molecule has 30 heavy (non-hydrogen) atoms. The predicted molar refractivity (Wildman–Crippen MR) is 115 cm³/mol.